The van der Waals surface area contributed by atoms with Crippen LogP contribution < -0.4 is 0 Å². The summed E-state index contributed by atoms with van der Waals surface area (Å²) < 4.78 is 1.98. The molecule has 3 aromatic carbocycles. The highest BCUT2D eigenvalue weighted by Gasteiger charge is 2.17. The number of nitrogens with zero attached hydrogens (tertiary/aromatic N) is 3. The summed E-state index contributed by atoms with van der Waals surface area (Å²) in [5, 5.41) is 12.7. The zero-order valence-electron chi connectivity index (χ0n) is 13.3. The summed E-state index contributed by atoms with van der Waals surface area (Å²) in [7, 11) is 0. The third-order valence-corrected chi connectivity index (χ3v) is 4.63. The predicted molar refractivity (Wildman–Crippen MR) is 100 cm³/mol. The smallest absolute Gasteiger partial charge is 0.146 e. The van der Waals surface area contributed by atoms with Crippen molar-refractivity contribution in [1.82, 2.24) is 9.38 Å². The van der Waals surface area contributed by atoms with Gasteiger partial charge in [0.05, 0.1) is 11.2 Å². The van der Waals surface area contributed by atoms with Crippen molar-refractivity contribution in [2.75, 3.05) is 0 Å². The Balaban J connectivity index is 2.08. The van der Waals surface area contributed by atoms with E-state index >= 15 is 0 Å². The van der Waals surface area contributed by atoms with Gasteiger partial charge in [-0.1, -0.05) is 72.8 Å². The molecule has 0 spiro atoms. The SMILES string of the molecule is N#Cc1c2ccccc2c2nc(-c3ccccc3)c3ccccc3n12. The Hall–Kier alpha value is -3.64. The molecule has 0 unspecified atom stereocenters. The van der Waals surface area contributed by atoms with Gasteiger partial charge in [0.1, 0.15) is 17.4 Å². The first-order valence-electron chi connectivity index (χ1n) is 8.16. The van der Waals surface area contributed by atoms with Crippen molar-refractivity contribution in [2.24, 2.45) is 0 Å². The fourth-order valence-electron chi connectivity index (χ4n) is 3.54. The molecule has 0 saturated carbocycles. The molecule has 0 aliphatic carbocycles. The van der Waals surface area contributed by atoms with Crippen molar-refractivity contribution in [3.05, 3.63) is 84.6 Å². The Bertz CT molecular complexity index is 1290. The van der Waals surface area contributed by atoms with Crippen LogP contribution in [0.4, 0.5) is 0 Å². The molecule has 0 saturated heterocycles. The van der Waals surface area contributed by atoms with E-state index < -0.39 is 0 Å². The lowest BCUT2D eigenvalue weighted by molar-refractivity contribution is 1.18. The van der Waals surface area contributed by atoms with Gasteiger partial charge in [0.15, 0.2) is 0 Å². The van der Waals surface area contributed by atoms with Gasteiger partial charge in [-0.15, -0.1) is 0 Å². The zero-order chi connectivity index (χ0) is 16.8. The minimum atomic E-state index is 0.633. The van der Waals surface area contributed by atoms with E-state index in [4.69, 9.17) is 4.98 Å². The van der Waals surface area contributed by atoms with Gasteiger partial charge in [-0.25, -0.2) is 4.98 Å². The molecule has 0 aliphatic heterocycles. The quantitative estimate of drug-likeness (QED) is 0.427. The summed E-state index contributed by atoms with van der Waals surface area (Å²) in [6.07, 6.45) is 0. The van der Waals surface area contributed by atoms with Gasteiger partial charge >= 0.3 is 0 Å². The summed E-state index contributed by atoms with van der Waals surface area (Å²) in [5.74, 6) is 0. The topological polar surface area (TPSA) is 41.1 Å². The maximum atomic E-state index is 9.77. The van der Waals surface area contributed by atoms with Gasteiger partial charge in [-0.2, -0.15) is 5.26 Å². The zero-order valence-corrected chi connectivity index (χ0v) is 13.3. The normalized spacial score (nSPS) is 11.2. The summed E-state index contributed by atoms with van der Waals surface area (Å²) in [5.41, 5.74) is 4.47. The Morgan fingerprint density at radius 2 is 1.36 bits per heavy atom. The lowest BCUT2D eigenvalue weighted by atomic mass is 10.1. The second-order valence-corrected chi connectivity index (χ2v) is 6.01. The van der Waals surface area contributed by atoms with E-state index in [1.807, 2.05) is 59.0 Å². The lowest BCUT2D eigenvalue weighted by Crippen LogP contribution is -1.97. The van der Waals surface area contributed by atoms with Crippen LogP contribution in [0.15, 0.2) is 78.9 Å². The third-order valence-electron chi connectivity index (χ3n) is 4.63. The lowest BCUT2D eigenvalue weighted by Gasteiger charge is -2.09. The van der Waals surface area contributed by atoms with Crippen LogP contribution in [0.3, 0.4) is 0 Å². The minimum Gasteiger partial charge on any atom is -0.284 e. The molecular weight excluding hydrogens is 306 g/mol. The molecule has 3 nitrogen and oxygen atoms in total. The molecule has 0 radical (unpaired) electrons. The number of aromatic nitrogens is 2. The molecule has 0 amide bonds. The Morgan fingerprint density at radius 3 is 2.12 bits per heavy atom. The highest BCUT2D eigenvalue weighted by atomic mass is 15.0. The predicted octanol–water partition coefficient (Wildman–Crippen LogP) is 5.18. The third kappa shape index (κ3) is 1.88. The molecule has 25 heavy (non-hydrogen) atoms. The van der Waals surface area contributed by atoms with Crippen LogP contribution in [0, 0.1) is 11.3 Å². The molecule has 0 aliphatic rings. The molecular formula is C22H13N3. The van der Waals surface area contributed by atoms with Crippen molar-refractivity contribution in [3.8, 4) is 17.3 Å². The molecule has 3 heteroatoms. The first-order valence-corrected chi connectivity index (χ1v) is 8.16. The van der Waals surface area contributed by atoms with Gasteiger partial charge in [0.25, 0.3) is 0 Å². The van der Waals surface area contributed by atoms with E-state index in [2.05, 4.69) is 30.3 Å². The van der Waals surface area contributed by atoms with Gasteiger partial charge < -0.3 is 0 Å². The minimum absolute atomic E-state index is 0.633. The van der Waals surface area contributed by atoms with Gasteiger partial charge in [0, 0.05) is 21.7 Å². The van der Waals surface area contributed by atoms with E-state index in [1.165, 1.54) is 0 Å². The summed E-state index contributed by atoms with van der Waals surface area (Å²) >= 11 is 0. The monoisotopic (exact) mass is 319 g/mol. The second-order valence-electron chi connectivity index (χ2n) is 6.01. The highest BCUT2D eigenvalue weighted by Crippen LogP contribution is 2.33. The van der Waals surface area contributed by atoms with E-state index in [0.29, 0.717) is 5.69 Å². The van der Waals surface area contributed by atoms with Crippen LogP contribution >= 0.6 is 0 Å². The van der Waals surface area contributed by atoms with E-state index in [9.17, 15) is 5.26 Å². The van der Waals surface area contributed by atoms with Crippen LogP contribution in [0.1, 0.15) is 5.69 Å². The summed E-state index contributed by atoms with van der Waals surface area (Å²) in [6.45, 7) is 0. The maximum absolute atomic E-state index is 9.77. The number of para-hydroxylation sites is 1. The highest BCUT2D eigenvalue weighted by molar-refractivity contribution is 6.05. The number of fused-ring (bicyclic) bond motifs is 5. The molecule has 116 valence electrons. The second kappa shape index (κ2) is 5.19. The molecule has 2 heterocycles. The van der Waals surface area contributed by atoms with Crippen molar-refractivity contribution < 1.29 is 0 Å². The average Bonchev–Trinajstić information content (AvgIpc) is 3.02. The molecule has 5 rings (SSSR count). The first-order chi connectivity index (χ1) is 12.4. The molecule has 0 atom stereocenters. The molecule has 5 aromatic rings. The van der Waals surface area contributed by atoms with Crippen LogP contribution in [0.25, 0.3) is 38.6 Å². The maximum Gasteiger partial charge on any atom is 0.146 e. The van der Waals surface area contributed by atoms with E-state index in [0.717, 1.165) is 38.6 Å². The average molecular weight is 319 g/mol. The summed E-state index contributed by atoms with van der Waals surface area (Å²) in [6, 6.07) is 28.7. The Labute approximate surface area is 144 Å². The van der Waals surface area contributed by atoms with Crippen molar-refractivity contribution in [2.45, 2.75) is 0 Å². The largest absolute Gasteiger partial charge is 0.284 e. The number of hydrogen-bond donors (Lipinski definition) is 0. The van der Waals surface area contributed by atoms with Gasteiger partial charge in [-0.05, 0) is 6.07 Å². The first kappa shape index (κ1) is 13.8. The Kier molecular flexibility index (Phi) is 2.86. The molecule has 0 fully saturated rings. The van der Waals surface area contributed by atoms with Crippen molar-refractivity contribution in [1.29, 1.82) is 5.26 Å². The fraction of sp³-hybridized carbons (Fsp3) is 0. The van der Waals surface area contributed by atoms with Gasteiger partial charge in [0.2, 0.25) is 0 Å². The number of rotatable bonds is 1. The van der Waals surface area contributed by atoms with Crippen molar-refractivity contribution >= 4 is 27.3 Å². The number of hydrogen-bond acceptors (Lipinski definition) is 2. The van der Waals surface area contributed by atoms with Gasteiger partial charge in [-0.3, -0.25) is 4.40 Å². The van der Waals surface area contributed by atoms with Crippen molar-refractivity contribution in [3.63, 3.8) is 0 Å². The Morgan fingerprint density at radius 1 is 0.720 bits per heavy atom. The van der Waals surface area contributed by atoms with Crippen LogP contribution in [-0.4, -0.2) is 9.38 Å². The molecule has 0 N–H and O–H groups in total. The number of nitriles is 1. The number of benzene rings is 3. The molecule has 0 bridgehead atoms. The molecule has 2 aromatic heterocycles. The van der Waals surface area contributed by atoms with E-state index in [-0.39, 0.29) is 0 Å². The van der Waals surface area contributed by atoms with Crippen LogP contribution in [0.5, 0.6) is 0 Å². The van der Waals surface area contributed by atoms with Crippen LogP contribution in [-0.2, 0) is 0 Å². The summed E-state index contributed by atoms with van der Waals surface area (Å²) in [4.78, 5) is 4.98. The standard InChI is InChI=1S/C22H13N3/c23-14-20-16-10-4-5-11-17(16)22-24-21(15-8-2-1-3-9-15)18-12-6-7-13-19(18)25(20)22/h1-13H. The fourth-order valence-corrected chi connectivity index (χ4v) is 3.54. The van der Waals surface area contributed by atoms with Crippen LogP contribution in [0.2, 0.25) is 0 Å². The van der Waals surface area contributed by atoms with E-state index in [1.54, 1.807) is 0 Å².